The summed E-state index contributed by atoms with van der Waals surface area (Å²) in [7, 11) is 0. The van der Waals surface area contributed by atoms with Gasteiger partial charge < -0.3 is 20.2 Å². The standard InChI is InChI=1S/C29H30FN5O3/c1-18-16-22(20(3)31-24-10-6-4-8-21(24)29(37)38)27-32-26(19(2)28(36)35(27)17-18)34-14-12-33(13-15-34)25-11-7-5-9-23(25)30/h4-11,16-17,20,31H,12-15H2,1-3H3,(H,37,38)/t20-/m1/s1. The zero-order valence-corrected chi connectivity index (χ0v) is 21.6. The highest BCUT2D eigenvalue weighted by Gasteiger charge is 2.24. The minimum absolute atomic E-state index is 0.149. The van der Waals surface area contributed by atoms with Crippen molar-refractivity contribution in [3.05, 3.63) is 99.2 Å². The Balaban J connectivity index is 1.50. The van der Waals surface area contributed by atoms with Gasteiger partial charge in [-0.3, -0.25) is 9.20 Å². The van der Waals surface area contributed by atoms with E-state index in [4.69, 9.17) is 4.98 Å². The van der Waals surface area contributed by atoms with Gasteiger partial charge in [-0.05, 0) is 56.7 Å². The van der Waals surface area contributed by atoms with Gasteiger partial charge in [0.25, 0.3) is 5.56 Å². The molecule has 2 aromatic heterocycles. The quantitative estimate of drug-likeness (QED) is 0.386. The van der Waals surface area contributed by atoms with Gasteiger partial charge in [0.1, 0.15) is 17.3 Å². The number of nitrogens with one attached hydrogen (secondary N) is 1. The number of carboxylic acids is 1. The number of nitrogens with zero attached hydrogens (tertiary/aromatic N) is 4. The van der Waals surface area contributed by atoms with Gasteiger partial charge >= 0.3 is 5.97 Å². The molecule has 3 heterocycles. The third-order valence-corrected chi connectivity index (χ3v) is 7.06. The Morgan fingerprint density at radius 1 is 1.03 bits per heavy atom. The molecular weight excluding hydrogens is 485 g/mol. The average Bonchev–Trinajstić information content (AvgIpc) is 2.91. The smallest absolute Gasteiger partial charge is 0.337 e. The highest BCUT2D eigenvalue weighted by Crippen LogP contribution is 2.28. The predicted octanol–water partition coefficient (Wildman–Crippen LogP) is 4.65. The topological polar surface area (TPSA) is 90.2 Å². The van der Waals surface area contributed by atoms with Gasteiger partial charge in [0.15, 0.2) is 0 Å². The molecule has 1 fully saturated rings. The van der Waals surface area contributed by atoms with E-state index in [0.717, 1.165) is 11.1 Å². The molecule has 9 heteroatoms. The van der Waals surface area contributed by atoms with Crippen LogP contribution in [0.25, 0.3) is 5.65 Å². The molecular formula is C29H30FN5O3. The predicted molar refractivity (Wildman–Crippen MR) is 147 cm³/mol. The van der Waals surface area contributed by atoms with Gasteiger partial charge in [-0.25, -0.2) is 14.2 Å². The van der Waals surface area contributed by atoms with Crippen LogP contribution in [0, 0.1) is 19.7 Å². The van der Waals surface area contributed by atoms with Crippen LogP contribution in [0.15, 0.2) is 65.6 Å². The van der Waals surface area contributed by atoms with Crippen LogP contribution in [0.5, 0.6) is 0 Å². The molecule has 8 nitrogen and oxygen atoms in total. The number of anilines is 3. The van der Waals surface area contributed by atoms with Crippen LogP contribution in [-0.4, -0.2) is 46.6 Å². The molecule has 0 spiro atoms. The molecule has 196 valence electrons. The average molecular weight is 516 g/mol. The fourth-order valence-corrected chi connectivity index (χ4v) is 5.09. The van der Waals surface area contributed by atoms with Crippen LogP contribution in [0.2, 0.25) is 0 Å². The van der Waals surface area contributed by atoms with Crippen molar-refractivity contribution >= 4 is 28.8 Å². The molecule has 0 amide bonds. The maximum Gasteiger partial charge on any atom is 0.337 e. The summed E-state index contributed by atoms with van der Waals surface area (Å²) in [6.07, 6.45) is 1.78. The fourth-order valence-electron chi connectivity index (χ4n) is 5.09. The molecule has 0 radical (unpaired) electrons. The van der Waals surface area contributed by atoms with Gasteiger partial charge in [0.05, 0.1) is 22.9 Å². The Morgan fingerprint density at radius 3 is 2.39 bits per heavy atom. The summed E-state index contributed by atoms with van der Waals surface area (Å²) < 4.78 is 15.9. The number of carbonyl (C=O) groups is 1. The summed E-state index contributed by atoms with van der Waals surface area (Å²) in [4.78, 5) is 34.3. The minimum Gasteiger partial charge on any atom is -0.478 e. The van der Waals surface area contributed by atoms with Gasteiger partial charge in [-0.2, -0.15) is 0 Å². The van der Waals surface area contributed by atoms with Crippen molar-refractivity contribution < 1.29 is 14.3 Å². The SMILES string of the molecule is Cc1cc([C@@H](C)Nc2ccccc2C(=O)O)c2nc(N3CCN(c4ccccc4F)CC3)c(C)c(=O)n2c1. The van der Waals surface area contributed by atoms with E-state index in [1.807, 2.05) is 30.9 Å². The van der Waals surface area contributed by atoms with Crippen LogP contribution >= 0.6 is 0 Å². The van der Waals surface area contributed by atoms with E-state index in [0.29, 0.717) is 54.6 Å². The number of halogens is 1. The Hall–Kier alpha value is -4.40. The molecule has 2 N–H and O–H groups in total. The molecule has 1 saturated heterocycles. The van der Waals surface area contributed by atoms with Crippen LogP contribution in [0.4, 0.5) is 21.6 Å². The van der Waals surface area contributed by atoms with Crippen molar-refractivity contribution in [3.8, 4) is 0 Å². The third-order valence-electron chi connectivity index (χ3n) is 7.06. The number of carboxylic acid groups (broad SMARTS) is 1. The van der Waals surface area contributed by atoms with Crippen molar-refractivity contribution in [1.29, 1.82) is 0 Å². The lowest BCUT2D eigenvalue weighted by atomic mass is 10.1. The summed E-state index contributed by atoms with van der Waals surface area (Å²) in [6.45, 7) is 8.02. The first-order valence-corrected chi connectivity index (χ1v) is 12.6. The number of para-hydroxylation sites is 2. The Bertz CT molecular complexity index is 1580. The molecule has 1 aliphatic heterocycles. The number of rotatable bonds is 6. The van der Waals surface area contributed by atoms with Crippen LogP contribution in [0.1, 0.15) is 40.0 Å². The summed E-state index contributed by atoms with van der Waals surface area (Å²) in [5.74, 6) is -0.646. The van der Waals surface area contributed by atoms with Crippen LogP contribution < -0.4 is 20.7 Å². The number of pyridine rings is 1. The lowest BCUT2D eigenvalue weighted by molar-refractivity contribution is 0.0698. The normalized spacial score (nSPS) is 14.5. The number of hydrogen-bond acceptors (Lipinski definition) is 6. The zero-order chi connectivity index (χ0) is 27.0. The molecule has 38 heavy (non-hydrogen) atoms. The van der Waals surface area contributed by atoms with E-state index in [9.17, 15) is 19.1 Å². The summed E-state index contributed by atoms with van der Waals surface area (Å²) in [5, 5.41) is 12.9. The van der Waals surface area contributed by atoms with Gasteiger partial charge in [0.2, 0.25) is 0 Å². The van der Waals surface area contributed by atoms with E-state index in [1.54, 1.807) is 53.9 Å². The fraction of sp³-hybridized carbons (Fsp3) is 0.276. The summed E-state index contributed by atoms with van der Waals surface area (Å²) >= 11 is 0. The number of fused-ring (bicyclic) bond motifs is 1. The second-order valence-electron chi connectivity index (χ2n) is 9.67. The molecule has 4 aromatic rings. The largest absolute Gasteiger partial charge is 0.478 e. The number of hydrogen-bond donors (Lipinski definition) is 2. The van der Waals surface area contributed by atoms with Crippen molar-refractivity contribution in [2.24, 2.45) is 0 Å². The van der Waals surface area contributed by atoms with E-state index in [-0.39, 0.29) is 23.0 Å². The van der Waals surface area contributed by atoms with Crippen LogP contribution in [-0.2, 0) is 0 Å². The number of aromatic nitrogens is 2. The molecule has 1 aliphatic rings. The Kier molecular flexibility index (Phi) is 6.75. The maximum atomic E-state index is 14.3. The summed E-state index contributed by atoms with van der Waals surface area (Å²) in [6, 6.07) is 15.1. The highest BCUT2D eigenvalue weighted by atomic mass is 19.1. The number of benzene rings is 2. The highest BCUT2D eigenvalue weighted by molar-refractivity contribution is 5.94. The number of piperazine rings is 1. The number of aryl methyl sites for hydroxylation is 1. The first kappa shape index (κ1) is 25.3. The Morgan fingerprint density at radius 2 is 1.68 bits per heavy atom. The zero-order valence-electron chi connectivity index (χ0n) is 21.6. The first-order chi connectivity index (χ1) is 18.2. The van der Waals surface area contributed by atoms with E-state index in [1.165, 1.54) is 6.07 Å². The maximum absolute atomic E-state index is 14.3. The van der Waals surface area contributed by atoms with Crippen molar-refractivity contribution in [3.63, 3.8) is 0 Å². The third kappa shape index (κ3) is 4.67. The van der Waals surface area contributed by atoms with E-state index >= 15 is 0 Å². The molecule has 0 saturated carbocycles. The Labute approximate surface area is 220 Å². The van der Waals surface area contributed by atoms with E-state index in [2.05, 4.69) is 10.2 Å². The molecule has 0 bridgehead atoms. The van der Waals surface area contributed by atoms with Gasteiger partial charge in [0, 0.05) is 43.6 Å². The lowest BCUT2D eigenvalue weighted by Crippen LogP contribution is -2.47. The number of aromatic carboxylic acids is 1. The minimum atomic E-state index is -1.02. The second kappa shape index (κ2) is 10.2. The molecule has 1 atom stereocenters. The van der Waals surface area contributed by atoms with Gasteiger partial charge in [-0.15, -0.1) is 0 Å². The lowest BCUT2D eigenvalue weighted by Gasteiger charge is -2.37. The summed E-state index contributed by atoms with van der Waals surface area (Å²) in [5.41, 5.74) is 3.84. The van der Waals surface area contributed by atoms with Crippen molar-refractivity contribution in [2.45, 2.75) is 26.8 Å². The van der Waals surface area contributed by atoms with Crippen LogP contribution in [0.3, 0.4) is 0 Å². The molecule has 2 aromatic carbocycles. The molecule has 5 rings (SSSR count). The second-order valence-corrected chi connectivity index (χ2v) is 9.67. The molecule has 0 unspecified atom stereocenters. The molecule has 0 aliphatic carbocycles. The van der Waals surface area contributed by atoms with Gasteiger partial charge in [-0.1, -0.05) is 24.3 Å². The first-order valence-electron chi connectivity index (χ1n) is 12.6. The van der Waals surface area contributed by atoms with E-state index < -0.39 is 5.97 Å². The van der Waals surface area contributed by atoms with Crippen molar-refractivity contribution in [1.82, 2.24) is 9.38 Å². The monoisotopic (exact) mass is 515 g/mol. The van der Waals surface area contributed by atoms with Crippen molar-refractivity contribution in [2.75, 3.05) is 41.3 Å².